The summed E-state index contributed by atoms with van der Waals surface area (Å²) < 4.78 is 64.9. The van der Waals surface area contributed by atoms with Crippen LogP contribution in [-0.4, -0.2) is 21.0 Å². The SMILES string of the molecule is CCCC(CN)NS(=O)(=O)c1ccccc1C(F)(F)F. The van der Waals surface area contributed by atoms with Crippen molar-refractivity contribution >= 4 is 10.0 Å². The number of alkyl halides is 3. The van der Waals surface area contributed by atoms with Crippen molar-refractivity contribution < 1.29 is 21.6 Å². The molecular formula is C12H17F3N2O2S. The van der Waals surface area contributed by atoms with E-state index in [4.69, 9.17) is 5.73 Å². The number of benzene rings is 1. The van der Waals surface area contributed by atoms with Gasteiger partial charge < -0.3 is 5.73 Å². The Balaban J connectivity index is 3.16. The molecule has 1 aromatic carbocycles. The summed E-state index contributed by atoms with van der Waals surface area (Å²) in [4.78, 5) is -0.776. The summed E-state index contributed by atoms with van der Waals surface area (Å²) in [5, 5.41) is 0. The Morgan fingerprint density at radius 3 is 2.40 bits per heavy atom. The van der Waals surface area contributed by atoms with E-state index in [-0.39, 0.29) is 6.54 Å². The van der Waals surface area contributed by atoms with Gasteiger partial charge in [-0.3, -0.25) is 0 Å². The lowest BCUT2D eigenvalue weighted by atomic mass is 10.2. The molecule has 0 saturated carbocycles. The maximum absolute atomic E-state index is 12.8. The van der Waals surface area contributed by atoms with E-state index in [0.29, 0.717) is 12.8 Å². The highest BCUT2D eigenvalue weighted by Crippen LogP contribution is 2.33. The molecule has 114 valence electrons. The average molecular weight is 310 g/mol. The van der Waals surface area contributed by atoms with Crippen molar-refractivity contribution in [2.24, 2.45) is 5.73 Å². The number of nitrogens with one attached hydrogen (secondary N) is 1. The Morgan fingerprint density at radius 1 is 1.30 bits per heavy atom. The summed E-state index contributed by atoms with van der Waals surface area (Å²) in [5.74, 6) is 0. The van der Waals surface area contributed by atoms with Gasteiger partial charge in [0, 0.05) is 12.6 Å². The number of hydrogen-bond donors (Lipinski definition) is 2. The smallest absolute Gasteiger partial charge is 0.329 e. The minimum absolute atomic E-state index is 0.0290. The van der Waals surface area contributed by atoms with Gasteiger partial charge >= 0.3 is 6.18 Å². The van der Waals surface area contributed by atoms with E-state index in [1.54, 1.807) is 0 Å². The van der Waals surface area contributed by atoms with Crippen LogP contribution < -0.4 is 10.5 Å². The first-order valence-electron chi connectivity index (χ1n) is 6.11. The van der Waals surface area contributed by atoms with Crippen LogP contribution in [0.4, 0.5) is 13.2 Å². The predicted molar refractivity (Wildman–Crippen MR) is 69.5 cm³/mol. The maximum Gasteiger partial charge on any atom is 0.417 e. The molecule has 8 heteroatoms. The van der Waals surface area contributed by atoms with Crippen LogP contribution in [0.25, 0.3) is 0 Å². The van der Waals surface area contributed by atoms with Crippen LogP contribution in [0.15, 0.2) is 29.2 Å². The van der Waals surface area contributed by atoms with Crippen molar-refractivity contribution in [3.63, 3.8) is 0 Å². The Hall–Kier alpha value is -1.12. The van der Waals surface area contributed by atoms with Gasteiger partial charge in [-0.2, -0.15) is 13.2 Å². The van der Waals surface area contributed by atoms with Gasteiger partial charge in [-0.25, -0.2) is 13.1 Å². The second-order valence-electron chi connectivity index (χ2n) is 4.34. The summed E-state index contributed by atoms with van der Waals surface area (Å²) in [6.07, 6.45) is -3.59. The Labute approximate surface area is 116 Å². The van der Waals surface area contributed by atoms with E-state index < -0.39 is 32.7 Å². The molecule has 1 aromatic rings. The molecule has 1 unspecified atom stereocenters. The first kappa shape index (κ1) is 16.9. The molecule has 0 spiro atoms. The molecule has 0 radical (unpaired) electrons. The zero-order chi connectivity index (χ0) is 15.4. The van der Waals surface area contributed by atoms with Crippen LogP contribution in [-0.2, 0) is 16.2 Å². The number of sulfonamides is 1. The summed E-state index contributed by atoms with van der Waals surface area (Å²) >= 11 is 0. The number of rotatable bonds is 6. The molecule has 4 nitrogen and oxygen atoms in total. The Kier molecular flexibility index (Phi) is 5.55. The molecule has 1 atom stereocenters. The predicted octanol–water partition coefficient (Wildman–Crippen LogP) is 2.11. The molecule has 0 saturated heterocycles. The monoisotopic (exact) mass is 310 g/mol. The van der Waals surface area contributed by atoms with Crippen molar-refractivity contribution in [3.8, 4) is 0 Å². The third-order valence-electron chi connectivity index (χ3n) is 2.73. The zero-order valence-corrected chi connectivity index (χ0v) is 11.8. The molecule has 3 N–H and O–H groups in total. The topological polar surface area (TPSA) is 72.2 Å². The van der Waals surface area contributed by atoms with Gasteiger partial charge in [-0.15, -0.1) is 0 Å². The quantitative estimate of drug-likeness (QED) is 0.845. The fourth-order valence-electron chi connectivity index (χ4n) is 1.79. The van der Waals surface area contributed by atoms with Gasteiger partial charge in [-0.05, 0) is 18.6 Å². The molecule has 0 aliphatic rings. The van der Waals surface area contributed by atoms with Gasteiger partial charge in [0.1, 0.15) is 0 Å². The fraction of sp³-hybridized carbons (Fsp3) is 0.500. The molecule has 0 aromatic heterocycles. The number of nitrogens with two attached hydrogens (primary N) is 1. The van der Waals surface area contributed by atoms with Gasteiger partial charge in [-0.1, -0.05) is 25.5 Å². The standard InChI is InChI=1S/C12H17F3N2O2S/c1-2-5-9(8-16)17-20(18,19)11-7-4-3-6-10(11)12(13,14)15/h3-4,6-7,9,17H,2,5,8,16H2,1H3. The van der Waals surface area contributed by atoms with Crippen molar-refractivity contribution in [2.45, 2.75) is 36.9 Å². The first-order chi connectivity index (χ1) is 9.22. The van der Waals surface area contributed by atoms with Gasteiger partial charge in [0.15, 0.2) is 0 Å². The van der Waals surface area contributed by atoms with E-state index in [1.807, 2.05) is 6.92 Å². The largest absolute Gasteiger partial charge is 0.417 e. The lowest BCUT2D eigenvalue weighted by Gasteiger charge is -2.18. The lowest BCUT2D eigenvalue weighted by molar-refractivity contribution is -0.139. The second kappa shape index (κ2) is 6.55. The van der Waals surface area contributed by atoms with Crippen LogP contribution in [0, 0.1) is 0 Å². The van der Waals surface area contributed by atoms with Gasteiger partial charge in [0.25, 0.3) is 0 Å². The van der Waals surface area contributed by atoms with Crippen molar-refractivity contribution in [3.05, 3.63) is 29.8 Å². The second-order valence-corrected chi connectivity index (χ2v) is 6.02. The zero-order valence-electron chi connectivity index (χ0n) is 10.9. The van der Waals surface area contributed by atoms with E-state index in [1.165, 1.54) is 6.07 Å². The van der Waals surface area contributed by atoms with Crippen LogP contribution in [0.2, 0.25) is 0 Å². The first-order valence-corrected chi connectivity index (χ1v) is 7.59. The van der Waals surface area contributed by atoms with Crippen LogP contribution >= 0.6 is 0 Å². The highest BCUT2D eigenvalue weighted by atomic mass is 32.2. The normalized spacial score (nSPS) is 14.2. The molecule has 0 amide bonds. The molecule has 0 bridgehead atoms. The van der Waals surface area contributed by atoms with Crippen molar-refractivity contribution in [2.75, 3.05) is 6.54 Å². The Morgan fingerprint density at radius 2 is 1.90 bits per heavy atom. The summed E-state index contributed by atoms with van der Waals surface area (Å²) in [7, 11) is -4.26. The van der Waals surface area contributed by atoms with E-state index in [2.05, 4.69) is 4.72 Å². The molecule has 0 aliphatic heterocycles. The Bertz CT molecular complexity index is 544. The van der Waals surface area contributed by atoms with Gasteiger partial charge in [0.05, 0.1) is 10.5 Å². The third-order valence-corrected chi connectivity index (χ3v) is 4.30. The molecule has 0 fully saturated rings. The fourth-order valence-corrected chi connectivity index (χ4v) is 3.30. The molecular weight excluding hydrogens is 293 g/mol. The summed E-state index contributed by atoms with van der Waals surface area (Å²) in [6.45, 7) is 1.86. The molecule has 20 heavy (non-hydrogen) atoms. The van der Waals surface area contributed by atoms with Gasteiger partial charge in [0.2, 0.25) is 10.0 Å². The third kappa shape index (κ3) is 4.19. The molecule has 1 rings (SSSR count). The molecule has 0 heterocycles. The highest BCUT2D eigenvalue weighted by Gasteiger charge is 2.37. The summed E-state index contributed by atoms with van der Waals surface area (Å²) in [6, 6.07) is 3.50. The van der Waals surface area contributed by atoms with E-state index >= 15 is 0 Å². The van der Waals surface area contributed by atoms with Crippen LogP contribution in [0.3, 0.4) is 0 Å². The van der Waals surface area contributed by atoms with Crippen LogP contribution in [0.5, 0.6) is 0 Å². The summed E-state index contributed by atoms with van der Waals surface area (Å²) in [5.41, 5.74) is 4.24. The molecule has 0 aliphatic carbocycles. The van der Waals surface area contributed by atoms with Crippen molar-refractivity contribution in [1.82, 2.24) is 4.72 Å². The number of hydrogen-bond acceptors (Lipinski definition) is 3. The minimum Gasteiger partial charge on any atom is -0.329 e. The highest BCUT2D eigenvalue weighted by molar-refractivity contribution is 7.89. The van der Waals surface area contributed by atoms with E-state index in [0.717, 1.165) is 18.2 Å². The minimum atomic E-state index is -4.73. The van der Waals surface area contributed by atoms with E-state index in [9.17, 15) is 21.6 Å². The van der Waals surface area contributed by atoms with Crippen LogP contribution in [0.1, 0.15) is 25.3 Å². The maximum atomic E-state index is 12.8. The number of halogens is 3. The van der Waals surface area contributed by atoms with Crippen molar-refractivity contribution in [1.29, 1.82) is 0 Å². The lowest BCUT2D eigenvalue weighted by Crippen LogP contribution is -2.40. The average Bonchev–Trinajstić information content (AvgIpc) is 2.37.